The summed E-state index contributed by atoms with van der Waals surface area (Å²) in [5.74, 6) is 1.28. The average molecular weight is 529 g/mol. The number of nitrogens with zero attached hydrogens (tertiary/aromatic N) is 4. The van der Waals surface area contributed by atoms with Gasteiger partial charge in [-0.3, -0.25) is 4.57 Å². The molecule has 41 heavy (non-hydrogen) atoms. The van der Waals surface area contributed by atoms with Gasteiger partial charge >= 0.3 is 0 Å². The summed E-state index contributed by atoms with van der Waals surface area (Å²) in [4.78, 5) is 13.8. The van der Waals surface area contributed by atoms with Crippen molar-refractivity contribution < 1.29 is 8.83 Å². The molecule has 0 fully saturated rings. The molecule has 0 radical (unpaired) electrons. The molecule has 4 aromatic heterocycles. The topological polar surface area (TPSA) is 69.9 Å². The largest absolute Gasteiger partial charge is 0.455 e. The fourth-order valence-corrected chi connectivity index (χ4v) is 5.92. The smallest absolute Gasteiger partial charge is 0.196 e. The molecule has 0 amide bonds. The zero-order chi connectivity index (χ0) is 26.9. The summed E-state index contributed by atoms with van der Waals surface area (Å²) in [7, 11) is 0. The van der Waals surface area contributed by atoms with Crippen molar-refractivity contribution in [1.82, 2.24) is 19.5 Å². The van der Waals surface area contributed by atoms with E-state index in [2.05, 4.69) is 63.1 Å². The second-order valence-electron chi connectivity index (χ2n) is 10.1. The van der Waals surface area contributed by atoms with Crippen LogP contribution in [0.2, 0.25) is 0 Å². The van der Waals surface area contributed by atoms with Gasteiger partial charge in [-0.2, -0.15) is 0 Å². The van der Waals surface area contributed by atoms with Gasteiger partial charge in [0.1, 0.15) is 22.3 Å². The van der Waals surface area contributed by atoms with Gasteiger partial charge in [0.15, 0.2) is 11.6 Å². The first-order valence-electron chi connectivity index (χ1n) is 13.4. The number of para-hydroxylation sites is 4. The number of rotatable bonds is 3. The highest BCUT2D eigenvalue weighted by Gasteiger charge is 2.21. The average Bonchev–Trinajstić information content (AvgIpc) is 3.72. The van der Waals surface area contributed by atoms with E-state index in [4.69, 9.17) is 13.8 Å². The van der Waals surface area contributed by atoms with Gasteiger partial charge in [-0.05, 0) is 54.1 Å². The lowest BCUT2D eigenvalue weighted by Gasteiger charge is -2.10. The standard InChI is InChI=1S/C35H20N4O2/c1-5-12-29-23(8-1)26-20-25(32-31(33(26)40-29)24-9-2-6-13-30(24)41-32)21-14-16-22(17-15-21)39-28-11-4-3-10-27(28)38-35(39)34-36-18-7-19-37-34/h1-20H. The fraction of sp³-hybridized carbons (Fsp3) is 0. The maximum absolute atomic E-state index is 6.49. The zero-order valence-corrected chi connectivity index (χ0v) is 21.7. The Hall–Kier alpha value is -5.75. The monoisotopic (exact) mass is 528 g/mol. The lowest BCUT2D eigenvalue weighted by molar-refractivity contribution is 0.663. The zero-order valence-electron chi connectivity index (χ0n) is 21.7. The minimum Gasteiger partial charge on any atom is -0.455 e. The van der Waals surface area contributed by atoms with E-state index in [9.17, 15) is 0 Å². The van der Waals surface area contributed by atoms with Crippen LogP contribution in [-0.4, -0.2) is 19.5 Å². The maximum Gasteiger partial charge on any atom is 0.196 e. The molecule has 0 atom stereocenters. The Morgan fingerprint density at radius 3 is 2.10 bits per heavy atom. The lowest BCUT2D eigenvalue weighted by atomic mass is 9.98. The van der Waals surface area contributed by atoms with Gasteiger partial charge in [-0.25, -0.2) is 15.0 Å². The number of furan rings is 2. The SMILES string of the molecule is c1cnc(-c2nc3ccccc3n2-c2ccc(-c3cc4c5ccccc5oc4c4c3oc3ccccc34)cc2)nc1. The van der Waals surface area contributed by atoms with E-state index < -0.39 is 0 Å². The van der Waals surface area contributed by atoms with E-state index in [1.807, 2.05) is 60.7 Å². The normalized spacial score (nSPS) is 11.9. The van der Waals surface area contributed by atoms with Crippen LogP contribution in [0.25, 0.3) is 83.4 Å². The third-order valence-electron chi connectivity index (χ3n) is 7.75. The molecule has 5 aromatic carbocycles. The Labute approximate surface area is 233 Å². The van der Waals surface area contributed by atoms with Gasteiger partial charge in [0.2, 0.25) is 0 Å². The molecule has 9 aromatic rings. The maximum atomic E-state index is 6.49. The number of aromatic nitrogens is 4. The third kappa shape index (κ3) is 3.22. The van der Waals surface area contributed by atoms with E-state index in [0.717, 1.165) is 71.7 Å². The molecule has 4 heterocycles. The highest BCUT2D eigenvalue weighted by molar-refractivity contribution is 6.25. The minimum atomic E-state index is 0.578. The molecule has 0 N–H and O–H groups in total. The summed E-state index contributed by atoms with van der Waals surface area (Å²) >= 11 is 0. The molecule has 6 nitrogen and oxygen atoms in total. The summed E-state index contributed by atoms with van der Waals surface area (Å²) < 4.78 is 15.0. The van der Waals surface area contributed by atoms with Crippen molar-refractivity contribution in [2.75, 3.05) is 0 Å². The van der Waals surface area contributed by atoms with Gasteiger partial charge in [0.25, 0.3) is 0 Å². The molecular weight excluding hydrogens is 508 g/mol. The Morgan fingerprint density at radius 1 is 0.585 bits per heavy atom. The lowest BCUT2D eigenvalue weighted by Crippen LogP contribution is -2.00. The molecule has 0 aliphatic carbocycles. The molecule has 6 heteroatoms. The van der Waals surface area contributed by atoms with E-state index in [1.54, 1.807) is 12.4 Å². The summed E-state index contributed by atoms with van der Waals surface area (Å²) in [5.41, 5.74) is 8.29. The van der Waals surface area contributed by atoms with Crippen molar-refractivity contribution in [3.8, 4) is 28.5 Å². The van der Waals surface area contributed by atoms with Crippen molar-refractivity contribution in [3.05, 3.63) is 122 Å². The fourth-order valence-electron chi connectivity index (χ4n) is 5.92. The summed E-state index contributed by atoms with van der Waals surface area (Å²) in [6.07, 6.45) is 3.48. The van der Waals surface area contributed by atoms with Crippen LogP contribution in [0, 0.1) is 0 Å². The molecule has 0 spiro atoms. The van der Waals surface area contributed by atoms with Gasteiger partial charge in [0, 0.05) is 39.8 Å². The number of benzene rings is 5. The highest BCUT2D eigenvalue weighted by atomic mass is 16.3. The Bertz CT molecular complexity index is 2420. The van der Waals surface area contributed by atoms with Crippen LogP contribution in [0.3, 0.4) is 0 Å². The first kappa shape index (κ1) is 22.1. The van der Waals surface area contributed by atoms with E-state index in [0.29, 0.717) is 11.6 Å². The van der Waals surface area contributed by atoms with Crippen LogP contribution < -0.4 is 0 Å². The van der Waals surface area contributed by atoms with Gasteiger partial charge in [-0.1, -0.05) is 60.7 Å². The van der Waals surface area contributed by atoms with Crippen molar-refractivity contribution in [3.63, 3.8) is 0 Å². The van der Waals surface area contributed by atoms with Crippen molar-refractivity contribution in [1.29, 1.82) is 0 Å². The summed E-state index contributed by atoms with van der Waals surface area (Å²) in [6, 6.07) is 36.9. The number of hydrogen-bond donors (Lipinski definition) is 0. The highest BCUT2D eigenvalue weighted by Crippen LogP contribution is 2.44. The van der Waals surface area contributed by atoms with E-state index in [1.165, 1.54) is 0 Å². The van der Waals surface area contributed by atoms with Crippen molar-refractivity contribution in [2.45, 2.75) is 0 Å². The third-order valence-corrected chi connectivity index (χ3v) is 7.75. The van der Waals surface area contributed by atoms with Crippen LogP contribution in [-0.2, 0) is 0 Å². The predicted molar refractivity (Wildman–Crippen MR) is 162 cm³/mol. The predicted octanol–water partition coefficient (Wildman–Crippen LogP) is 8.95. The molecule has 192 valence electrons. The Balaban J connectivity index is 1.29. The molecule has 0 unspecified atom stereocenters. The van der Waals surface area contributed by atoms with Crippen molar-refractivity contribution in [2.24, 2.45) is 0 Å². The molecule has 0 aliphatic heterocycles. The Kier molecular flexibility index (Phi) is 4.51. The van der Waals surface area contributed by atoms with Crippen LogP contribution in [0.5, 0.6) is 0 Å². The summed E-state index contributed by atoms with van der Waals surface area (Å²) in [6.45, 7) is 0. The van der Waals surface area contributed by atoms with Gasteiger partial charge in [-0.15, -0.1) is 0 Å². The quantitative estimate of drug-likeness (QED) is 0.229. The number of fused-ring (bicyclic) bond motifs is 8. The molecular formula is C35H20N4O2. The first-order chi connectivity index (χ1) is 20.3. The number of hydrogen-bond acceptors (Lipinski definition) is 5. The molecule has 0 bridgehead atoms. The molecule has 0 saturated carbocycles. The summed E-state index contributed by atoms with van der Waals surface area (Å²) in [5, 5.41) is 4.20. The van der Waals surface area contributed by atoms with Gasteiger partial charge < -0.3 is 8.83 Å². The van der Waals surface area contributed by atoms with Crippen LogP contribution in [0.15, 0.2) is 130 Å². The van der Waals surface area contributed by atoms with Crippen LogP contribution in [0.1, 0.15) is 0 Å². The van der Waals surface area contributed by atoms with Crippen molar-refractivity contribution >= 4 is 54.9 Å². The minimum absolute atomic E-state index is 0.578. The second-order valence-corrected chi connectivity index (χ2v) is 10.1. The van der Waals surface area contributed by atoms with Crippen LogP contribution >= 0.6 is 0 Å². The number of imidazole rings is 1. The van der Waals surface area contributed by atoms with Gasteiger partial charge in [0.05, 0.1) is 16.4 Å². The van der Waals surface area contributed by atoms with E-state index >= 15 is 0 Å². The molecule has 0 saturated heterocycles. The second kappa shape index (κ2) is 8.37. The molecule has 9 rings (SSSR count). The Morgan fingerprint density at radius 2 is 1.27 bits per heavy atom. The molecule has 0 aliphatic rings. The first-order valence-corrected chi connectivity index (χ1v) is 13.4. The van der Waals surface area contributed by atoms with Crippen LogP contribution in [0.4, 0.5) is 0 Å². The van der Waals surface area contributed by atoms with E-state index in [-0.39, 0.29) is 0 Å².